The SMILES string of the molecule is Cc1cc(N)nn1CC(C)c1nnc2n1CCCCC2. The first-order chi connectivity index (χ1) is 9.65. The van der Waals surface area contributed by atoms with Gasteiger partial charge in [-0.1, -0.05) is 13.3 Å². The van der Waals surface area contributed by atoms with Crippen LogP contribution in [0.4, 0.5) is 5.82 Å². The zero-order valence-corrected chi connectivity index (χ0v) is 12.2. The molecule has 0 aromatic carbocycles. The van der Waals surface area contributed by atoms with Crippen LogP contribution in [0.2, 0.25) is 0 Å². The predicted octanol–water partition coefficient (Wildman–Crippen LogP) is 1.90. The van der Waals surface area contributed by atoms with Crippen LogP contribution in [0.5, 0.6) is 0 Å². The van der Waals surface area contributed by atoms with E-state index < -0.39 is 0 Å². The van der Waals surface area contributed by atoms with Crippen molar-refractivity contribution in [3.8, 4) is 0 Å². The third-order valence-electron chi connectivity index (χ3n) is 4.03. The normalized spacial score (nSPS) is 16.7. The lowest BCUT2D eigenvalue weighted by atomic mass is 10.1. The van der Waals surface area contributed by atoms with E-state index >= 15 is 0 Å². The van der Waals surface area contributed by atoms with Crippen LogP contribution in [0.3, 0.4) is 0 Å². The van der Waals surface area contributed by atoms with Crippen molar-refractivity contribution in [3.63, 3.8) is 0 Å². The van der Waals surface area contributed by atoms with Gasteiger partial charge in [0.2, 0.25) is 0 Å². The number of nitrogens with two attached hydrogens (primary N) is 1. The van der Waals surface area contributed by atoms with Gasteiger partial charge in [-0.2, -0.15) is 5.10 Å². The summed E-state index contributed by atoms with van der Waals surface area (Å²) in [5, 5.41) is 13.1. The molecule has 0 saturated carbocycles. The Morgan fingerprint density at radius 3 is 2.90 bits per heavy atom. The second kappa shape index (κ2) is 5.26. The molecule has 1 aliphatic heterocycles. The Balaban J connectivity index is 1.82. The minimum Gasteiger partial charge on any atom is -0.382 e. The second-order valence-electron chi connectivity index (χ2n) is 5.73. The Morgan fingerprint density at radius 2 is 2.15 bits per heavy atom. The number of rotatable bonds is 3. The summed E-state index contributed by atoms with van der Waals surface area (Å²) in [6.07, 6.45) is 4.78. The van der Waals surface area contributed by atoms with Crippen LogP contribution in [0.25, 0.3) is 0 Å². The van der Waals surface area contributed by atoms with Crippen molar-refractivity contribution in [1.29, 1.82) is 0 Å². The lowest BCUT2D eigenvalue weighted by Crippen LogP contribution is -2.15. The quantitative estimate of drug-likeness (QED) is 0.927. The van der Waals surface area contributed by atoms with Crippen molar-refractivity contribution in [3.05, 3.63) is 23.4 Å². The van der Waals surface area contributed by atoms with Gasteiger partial charge in [0.05, 0.1) is 6.54 Å². The van der Waals surface area contributed by atoms with Gasteiger partial charge in [0.25, 0.3) is 0 Å². The molecule has 1 atom stereocenters. The van der Waals surface area contributed by atoms with Gasteiger partial charge in [0.1, 0.15) is 17.5 Å². The molecule has 0 bridgehead atoms. The largest absolute Gasteiger partial charge is 0.382 e. The topological polar surface area (TPSA) is 74.6 Å². The molecule has 0 spiro atoms. The Hall–Kier alpha value is -1.85. The molecular formula is C14H22N6. The molecule has 3 heterocycles. The predicted molar refractivity (Wildman–Crippen MR) is 77.4 cm³/mol. The summed E-state index contributed by atoms with van der Waals surface area (Å²) >= 11 is 0. The van der Waals surface area contributed by atoms with Crippen molar-refractivity contribution in [2.75, 3.05) is 5.73 Å². The van der Waals surface area contributed by atoms with E-state index in [0.29, 0.717) is 5.82 Å². The van der Waals surface area contributed by atoms with Crippen molar-refractivity contribution in [2.45, 2.75) is 58.5 Å². The molecule has 0 amide bonds. The van der Waals surface area contributed by atoms with Crippen LogP contribution in [0.1, 0.15) is 49.4 Å². The standard InChI is InChI=1S/C14H22N6/c1-10(9-20-11(2)8-12(15)18-20)14-17-16-13-6-4-3-5-7-19(13)14/h8,10H,3-7,9H2,1-2H3,(H2,15,18). The summed E-state index contributed by atoms with van der Waals surface area (Å²) in [5.74, 6) is 3.08. The highest BCUT2D eigenvalue weighted by Crippen LogP contribution is 2.21. The second-order valence-corrected chi connectivity index (χ2v) is 5.73. The Morgan fingerprint density at radius 1 is 1.30 bits per heavy atom. The maximum Gasteiger partial charge on any atom is 0.145 e. The summed E-state index contributed by atoms with van der Waals surface area (Å²) in [5.41, 5.74) is 6.83. The van der Waals surface area contributed by atoms with Gasteiger partial charge in [-0.15, -0.1) is 10.2 Å². The first-order valence-electron chi connectivity index (χ1n) is 7.37. The highest BCUT2D eigenvalue weighted by atomic mass is 15.3. The number of nitrogens with zero attached hydrogens (tertiary/aromatic N) is 5. The van der Waals surface area contributed by atoms with Gasteiger partial charge in [0.15, 0.2) is 0 Å². The maximum absolute atomic E-state index is 5.74. The average molecular weight is 274 g/mol. The lowest BCUT2D eigenvalue weighted by Gasteiger charge is -2.14. The summed E-state index contributed by atoms with van der Waals surface area (Å²) in [6, 6.07) is 1.90. The number of aromatic nitrogens is 5. The fourth-order valence-corrected chi connectivity index (χ4v) is 2.93. The molecule has 108 valence electrons. The maximum atomic E-state index is 5.74. The minimum absolute atomic E-state index is 0.285. The molecule has 2 aromatic rings. The highest BCUT2D eigenvalue weighted by molar-refractivity contribution is 5.28. The van der Waals surface area contributed by atoms with Gasteiger partial charge < -0.3 is 10.3 Å². The van der Waals surface area contributed by atoms with Crippen molar-refractivity contribution < 1.29 is 0 Å². The molecule has 1 unspecified atom stereocenters. The molecule has 3 rings (SSSR count). The zero-order valence-electron chi connectivity index (χ0n) is 12.2. The lowest BCUT2D eigenvalue weighted by molar-refractivity contribution is 0.487. The molecule has 0 fully saturated rings. The summed E-state index contributed by atoms with van der Waals surface area (Å²) in [4.78, 5) is 0. The van der Waals surface area contributed by atoms with Gasteiger partial charge in [0, 0.05) is 30.6 Å². The molecule has 2 aromatic heterocycles. The number of anilines is 1. The van der Waals surface area contributed by atoms with E-state index in [1.807, 2.05) is 17.7 Å². The zero-order chi connectivity index (χ0) is 14.1. The van der Waals surface area contributed by atoms with Crippen LogP contribution < -0.4 is 5.73 Å². The molecule has 1 aliphatic rings. The van der Waals surface area contributed by atoms with Crippen LogP contribution >= 0.6 is 0 Å². The van der Waals surface area contributed by atoms with E-state index in [2.05, 4.69) is 26.8 Å². The Bertz CT molecular complexity index is 597. The van der Waals surface area contributed by atoms with Gasteiger partial charge in [-0.3, -0.25) is 4.68 Å². The van der Waals surface area contributed by atoms with Crippen LogP contribution in [0.15, 0.2) is 6.07 Å². The first kappa shape index (κ1) is 13.1. The van der Waals surface area contributed by atoms with E-state index in [0.717, 1.165) is 36.9 Å². The molecule has 2 N–H and O–H groups in total. The fourth-order valence-electron chi connectivity index (χ4n) is 2.93. The van der Waals surface area contributed by atoms with E-state index in [-0.39, 0.29) is 5.92 Å². The van der Waals surface area contributed by atoms with E-state index in [9.17, 15) is 0 Å². The van der Waals surface area contributed by atoms with Crippen molar-refractivity contribution >= 4 is 5.82 Å². The van der Waals surface area contributed by atoms with Crippen molar-refractivity contribution in [1.82, 2.24) is 24.5 Å². The number of aryl methyl sites for hydroxylation is 2. The van der Waals surface area contributed by atoms with Gasteiger partial charge in [-0.05, 0) is 19.8 Å². The number of hydrogen-bond acceptors (Lipinski definition) is 4. The smallest absolute Gasteiger partial charge is 0.145 e. The molecule has 6 heteroatoms. The fraction of sp³-hybridized carbons (Fsp3) is 0.643. The number of fused-ring (bicyclic) bond motifs is 1. The van der Waals surface area contributed by atoms with Crippen LogP contribution in [-0.2, 0) is 19.5 Å². The number of hydrogen-bond donors (Lipinski definition) is 1. The third kappa shape index (κ3) is 2.42. The van der Waals surface area contributed by atoms with Gasteiger partial charge in [-0.25, -0.2) is 0 Å². The van der Waals surface area contributed by atoms with E-state index in [4.69, 9.17) is 5.73 Å². The monoisotopic (exact) mass is 274 g/mol. The molecular weight excluding hydrogens is 252 g/mol. The molecule has 0 saturated heterocycles. The highest BCUT2D eigenvalue weighted by Gasteiger charge is 2.20. The van der Waals surface area contributed by atoms with E-state index in [1.54, 1.807) is 0 Å². The molecule has 6 nitrogen and oxygen atoms in total. The molecule has 20 heavy (non-hydrogen) atoms. The van der Waals surface area contributed by atoms with Crippen LogP contribution in [0, 0.1) is 6.92 Å². The van der Waals surface area contributed by atoms with Crippen LogP contribution in [-0.4, -0.2) is 24.5 Å². The summed E-state index contributed by atoms with van der Waals surface area (Å²) in [7, 11) is 0. The molecule has 0 aliphatic carbocycles. The Labute approximate surface area is 119 Å². The third-order valence-corrected chi connectivity index (χ3v) is 4.03. The Kier molecular flexibility index (Phi) is 3.46. The average Bonchev–Trinajstić information content (AvgIpc) is 2.85. The minimum atomic E-state index is 0.285. The first-order valence-corrected chi connectivity index (χ1v) is 7.37. The number of nitrogen functional groups attached to an aromatic ring is 1. The summed E-state index contributed by atoms with van der Waals surface area (Å²) < 4.78 is 4.26. The van der Waals surface area contributed by atoms with E-state index in [1.165, 1.54) is 19.3 Å². The summed E-state index contributed by atoms with van der Waals surface area (Å²) in [6.45, 7) is 6.04. The molecule has 0 radical (unpaired) electrons. The van der Waals surface area contributed by atoms with Crippen molar-refractivity contribution in [2.24, 2.45) is 0 Å². The van der Waals surface area contributed by atoms with Gasteiger partial charge >= 0.3 is 0 Å².